The summed E-state index contributed by atoms with van der Waals surface area (Å²) in [7, 11) is 0. The lowest BCUT2D eigenvalue weighted by Crippen LogP contribution is -2.46. The molecule has 1 aromatic rings. The van der Waals surface area contributed by atoms with Gasteiger partial charge in [0.2, 0.25) is 0 Å². The molecule has 2 rings (SSSR count). The molecule has 1 aliphatic heterocycles. The van der Waals surface area contributed by atoms with E-state index in [1.165, 1.54) is 0 Å². The Labute approximate surface area is 96.6 Å². The molecule has 0 bridgehead atoms. The Hall–Kier alpha value is -0.780. The molecule has 1 aromatic carbocycles. The average molecular weight is 302 g/mol. The summed E-state index contributed by atoms with van der Waals surface area (Å²) in [4.78, 5) is 13.3. The van der Waals surface area contributed by atoms with Gasteiger partial charge in [-0.2, -0.15) is 0 Å². The second-order valence-electron chi connectivity index (χ2n) is 3.22. The van der Waals surface area contributed by atoms with E-state index in [1.54, 1.807) is 4.90 Å². The van der Waals surface area contributed by atoms with Crippen LogP contribution in [0.3, 0.4) is 0 Å². The minimum Gasteiger partial charge on any atom is -0.338 e. The van der Waals surface area contributed by atoms with Gasteiger partial charge in [-0.1, -0.05) is 6.07 Å². The summed E-state index contributed by atoms with van der Waals surface area (Å²) < 4.78 is 1.15. The third-order valence-corrected chi connectivity index (χ3v) is 2.87. The monoisotopic (exact) mass is 302 g/mol. The van der Waals surface area contributed by atoms with Gasteiger partial charge in [0.05, 0.1) is 0 Å². The summed E-state index contributed by atoms with van der Waals surface area (Å²) in [6, 6.07) is 7.99. The van der Waals surface area contributed by atoms with Gasteiger partial charge in [-0.3, -0.25) is 4.90 Å². The maximum absolute atomic E-state index is 11.5. The van der Waals surface area contributed by atoms with Gasteiger partial charge in [-0.05, 0) is 47.2 Å². The number of nitrogens with zero attached hydrogens (tertiary/aromatic N) is 1. The SMILES string of the molecule is O=C1NCCCN1c1cccc(I)c1. The van der Waals surface area contributed by atoms with Crippen LogP contribution in [0.5, 0.6) is 0 Å². The molecular weight excluding hydrogens is 291 g/mol. The zero-order valence-corrected chi connectivity index (χ0v) is 9.82. The average Bonchev–Trinajstić information content (AvgIpc) is 2.18. The first-order chi connectivity index (χ1) is 6.77. The molecule has 3 nitrogen and oxygen atoms in total. The molecular formula is C10H11IN2O. The first kappa shape index (κ1) is 9.76. The Balaban J connectivity index is 2.24. The van der Waals surface area contributed by atoms with E-state index in [0.29, 0.717) is 0 Å². The second kappa shape index (κ2) is 4.16. The summed E-state index contributed by atoms with van der Waals surface area (Å²) >= 11 is 2.25. The van der Waals surface area contributed by atoms with E-state index in [9.17, 15) is 4.79 Å². The molecule has 0 saturated carbocycles. The minimum atomic E-state index is 0.0123. The van der Waals surface area contributed by atoms with Crippen LogP contribution in [0.4, 0.5) is 10.5 Å². The van der Waals surface area contributed by atoms with Crippen molar-refractivity contribution < 1.29 is 4.79 Å². The predicted molar refractivity (Wildman–Crippen MR) is 64.5 cm³/mol. The zero-order valence-electron chi connectivity index (χ0n) is 7.66. The van der Waals surface area contributed by atoms with Crippen molar-refractivity contribution in [3.8, 4) is 0 Å². The van der Waals surface area contributed by atoms with E-state index in [4.69, 9.17) is 0 Å². The maximum Gasteiger partial charge on any atom is 0.321 e. The summed E-state index contributed by atoms with van der Waals surface area (Å²) in [5.41, 5.74) is 0.981. The van der Waals surface area contributed by atoms with Crippen LogP contribution in [-0.4, -0.2) is 19.1 Å². The summed E-state index contributed by atoms with van der Waals surface area (Å²) in [6.07, 6.45) is 1.01. The largest absolute Gasteiger partial charge is 0.338 e. The van der Waals surface area contributed by atoms with Gasteiger partial charge in [-0.25, -0.2) is 4.79 Å². The number of nitrogens with one attached hydrogen (secondary N) is 1. The number of hydrogen-bond acceptors (Lipinski definition) is 1. The summed E-state index contributed by atoms with van der Waals surface area (Å²) in [5, 5.41) is 2.83. The van der Waals surface area contributed by atoms with Crippen molar-refractivity contribution in [3.05, 3.63) is 27.8 Å². The quantitative estimate of drug-likeness (QED) is 0.793. The van der Waals surface area contributed by atoms with E-state index in [1.807, 2.05) is 24.3 Å². The number of rotatable bonds is 1. The van der Waals surface area contributed by atoms with Crippen molar-refractivity contribution in [1.29, 1.82) is 0 Å². The Morgan fingerprint density at radius 2 is 2.29 bits per heavy atom. The molecule has 1 heterocycles. The van der Waals surface area contributed by atoms with Crippen LogP contribution in [-0.2, 0) is 0 Å². The van der Waals surface area contributed by atoms with E-state index in [2.05, 4.69) is 27.9 Å². The smallest absolute Gasteiger partial charge is 0.321 e. The zero-order chi connectivity index (χ0) is 9.97. The normalized spacial score (nSPS) is 16.6. The number of urea groups is 1. The third kappa shape index (κ3) is 2.00. The van der Waals surface area contributed by atoms with Crippen LogP contribution < -0.4 is 10.2 Å². The molecule has 1 saturated heterocycles. The first-order valence-corrected chi connectivity index (χ1v) is 5.66. The topological polar surface area (TPSA) is 32.3 Å². The Morgan fingerprint density at radius 1 is 1.43 bits per heavy atom. The molecule has 1 fully saturated rings. The van der Waals surface area contributed by atoms with Crippen LogP contribution >= 0.6 is 22.6 Å². The molecule has 14 heavy (non-hydrogen) atoms. The van der Waals surface area contributed by atoms with E-state index < -0.39 is 0 Å². The highest BCUT2D eigenvalue weighted by Crippen LogP contribution is 2.19. The lowest BCUT2D eigenvalue weighted by atomic mass is 10.2. The lowest BCUT2D eigenvalue weighted by Gasteiger charge is -2.27. The minimum absolute atomic E-state index is 0.0123. The fourth-order valence-corrected chi connectivity index (χ4v) is 2.05. The molecule has 0 radical (unpaired) electrons. The molecule has 0 aliphatic carbocycles. The molecule has 2 amide bonds. The second-order valence-corrected chi connectivity index (χ2v) is 4.46. The third-order valence-electron chi connectivity index (χ3n) is 2.20. The number of benzene rings is 1. The van der Waals surface area contributed by atoms with Crippen molar-refractivity contribution in [3.63, 3.8) is 0 Å². The fourth-order valence-electron chi connectivity index (χ4n) is 1.52. The highest BCUT2D eigenvalue weighted by atomic mass is 127. The highest BCUT2D eigenvalue weighted by Gasteiger charge is 2.18. The lowest BCUT2D eigenvalue weighted by molar-refractivity contribution is 0.243. The number of carbonyl (C=O) groups excluding carboxylic acids is 1. The number of carbonyl (C=O) groups is 1. The number of hydrogen-bond donors (Lipinski definition) is 1. The molecule has 0 unspecified atom stereocenters. The molecule has 4 heteroatoms. The van der Waals surface area contributed by atoms with E-state index >= 15 is 0 Å². The van der Waals surface area contributed by atoms with Gasteiger partial charge in [0.15, 0.2) is 0 Å². The summed E-state index contributed by atoms with van der Waals surface area (Å²) in [5.74, 6) is 0. The Morgan fingerprint density at radius 3 is 3.00 bits per heavy atom. The van der Waals surface area contributed by atoms with Gasteiger partial charge in [-0.15, -0.1) is 0 Å². The van der Waals surface area contributed by atoms with Crippen LogP contribution in [0.2, 0.25) is 0 Å². The van der Waals surface area contributed by atoms with Gasteiger partial charge >= 0.3 is 6.03 Å². The van der Waals surface area contributed by atoms with E-state index in [-0.39, 0.29) is 6.03 Å². The van der Waals surface area contributed by atoms with Crippen molar-refractivity contribution in [2.45, 2.75) is 6.42 Å². The van der Waals surface area contributed by atoms with Gasteiger partial charge < -0.3 is 5.32 Å². The van der Waals surface area contributed by atoms with Crippen molar-refractivity contribution in [1.82, 2.24) is 5.32 Å². The number of anilines is 1. The van der Waals surface area contributed by atoms with Crippen LogP contribution in [0.15, 0.2) is 24.3 Å². The molecule has 0 atom stereocenters. The van der Waals surface area contributed by atoms with Crippen molar-refractivity contribution >= 4 is 34.3 Å². The summed E-state index contributed by atoms with van der Waals surface area (Å²) in [6.45, 7) is 1.60. The van der Waals surface area contributed by atoms with Gasteiger partial charge in [0.1, 0.15) is 0 Å². The van der Waals surface area contributed by atoms with Crippen molar-refractivity contribution in [2.75, 3.05) is 18.0 Å². The van der Waals surface area contributed by atoms with Crippen LogP contribution in [0.1, 0.15) is 6.42 Å². The highest BCUT2D eigenvalue weighted by molar-refractivity contribution is 14.1. The van der Waals surface area contributed by atoms with Crippen LogP contribution in [0, 0.1) is 3.57 Å². The Kier molecular flexibility index (Phi) is 2.90. The predicted octanol–water partition coefficient (Wildman–Crippen LogP) is 2.21. The van der Waals surface area contributed by atoms with Crippen LogP contribution in [0.25, 0.3) is 0 Å². The van der Waals surface area contributed by atoms with E-state index in [0.717, 1.165) is 28.8 Å². The number of amides is 2. The molecule has 0 aromatic heterocycles. The molecule has 1 N–H and O–H groups in total. The molecule has 1 aliphatic rings. The molecule has 74 valence electrons. The number of halogens is 1. The fraction of sp³-hybridized carbons (Fsp3) is 0.300. The molecule has 0 spiro atoms. The van der Waals surface area contributed by atoms with Gasteiger partial charge in [0.25, 0.3) is 0 Å². The Bertz CT molecular complexity index is 354. The standard InChI is InChI=1S/C10H11IN2O/c11-8-3-1-4-9(7-8)13-6-2-5-12-10(13)14/h1,3-4,7H,2,5-6H2,(H,12,14). The first-order valence-electron chi connectivity index (χ1n) is 4.58. The van der Waals surface area contributed by atoms with Crippen molar-refractivity contribution in [2.24, 2.45) is 0 Å². The van der Waals surface area contributed by atoms with Gasteiger partial charge in [0, 0.05) is 22.3 Å². The maximum atomic E-state index is 11.5.